The summed E-state index contributed by atoms with van der Waals surface area (Å²) in [6, 6.07) is 8.10. The summed E-state index contributed by atoms with van der Waals surface area (Å²) >= 11 is 5.99. The Kier molecular flexibility index (Phi) is 5.64. The molecule has 148 valence electrons. The van der Waals surface area contributed by atoms with Gasteiger partial charge in [-0.05, 0) is 30.3 Å². The maximum Gasteiger partial charge on any atom is 0.270 e. The van der Waals surface area contributed by atoms with Crippen molar-refractivity contribution in [2.24, 2.45) is 0 Å². The third-order valence-corrected chi connectivity index (χ3v) is 6.60. The molecule has 3 rings (SSSR count). The molecule has 0 radical (unpaired) electrons. The van der Waals surface area contributed by atoms with E-state index in [0.29, 0.717) is 0 Å². The van der Waals surface area contributed by atoms with Crippen molar-refractivity contribution in [3.63, 3.8) is 0 Å². The molecule has 11 heteroatoms. The van der Waals surface area contributed by atoms with Crippen LogP contribution < -0.4 is 0 Å². The second-order valence-electron chi connectivity index (χ2n) is 6.07. The fourth-order valence-electron chi connectivity index (χ4n) is 2.85. The van der Waals surface area contributed by atoms with Crippen molar-refractivity contribution in [2.75, 3.05) is 26.2 Å². The first-order valence-electron chi connectivity index (χ1n) is 8.19. The topological polar surface area (TPSA) is 101 Å². The molecule has 2 aromatic carbocycles. The largest absolute Gasteiger partial charge is 0.336 e. The third kappa shape index (κ3) is 3.98. The van der Waals surface area contributed by atoms with Gasteiger partial charge in [-0.3, -0.25) is 14.9 Å². The number of sulfonamides is 1. The van der Waals surface area contributed by atoms with Gasteiger partial charge in [0.1, 0.15) is 5.82 Å². The Hall–Kier alpha value is -2.56. The van der Waals surface area contributed by atoms with Gasteiger partial charge < -0.3 is 4.90 Å². The van der Waals surface area contributed by atoms with Gasteiger partial charge in [-0.2, -0.15) is 4.31 Å². The number of carbonyl (C=O) groups is 1. The first-order chi connectivity index (χ1) is 13.2. The number of halogens is 2. The van der Waals surface area contributed by atoms with E-state index < -0.39 is 26.7 Å². The van der Waals surface area contributed by atoms with Crippen LogP contribution in [0.2, 0.25) is 5.02 Å². The molecular weight excluding hydrogens is 413 g/mol. The summed E-state index contributed by atoms with van der Waals surface area (Å²) in [5, 5.41) is 10.7. The average molecular weight is 428 g/mol. The standard InChI is InChI=1S/C17H15ClFN3O5S/c18-16-11-13(22(24)25)3-6-15(16)17(23)20-7-9-21(10-8-20)28(26,27)14-4-1-12(19)2-5-14/h1-6,11H,7-10H2. The first kappa shape index (κ1) is 20.2. The average Bonchev–Trinajstić information content (AvgIpc) is 2.67. The fourth-order valence-corrected chi connectivity index (χ4v) is 4.53. The minimum absolute atomic E-state index is 0.0212. The van der Waals surface area contributed by atoms with Crippen molar-refractivity contribution in [1.82, 2.24) is 9.21 Å². The third-order valence-electron chi connectivity index (χ3n) is 4.37. The lowest BCUT2D eigenvalue weighted by Crippen LogP contribution is -2.50. The summed E-state index contributed by atoms with van der Waals surface area (Å²) in [6.07, 6.45) is 0. The molecule has 0 saturated carbocycles. The van der Waals surface area contributed by atoms with Crippen LogP contribution in [0, 0.1) is 15.9 Å². The summed E-state index contributed by atoms with van der Waals surface area (Å²) in [7, 11) is -3.79. The molecule has 1 saturated heterocycles. The maximum absolute atomic E-state index is 13.0. The number of amides is 1. The van der Waals surface area contributed by atoms with Crippen molar-refractivity contribution < 1.29 is 22.5 Å². The van der Waals surface area contributed by atoms with Crippen molar-refractivity contribution in [1.29, 1.82) is 0 Å². The summed E-state index contributed by atoms with van der Waals surface area (Å²) in [5.74, 6) is -0.965. The Balaban J connectivity index is 1.70. The molecule has 1 heterocycles. The van der Waals surface area contributed by atoms with Crippen LogP contribution in [0.1, 0.15) is 10.4 Å². The lowest BCUT2D eigenvalue weighted by molar-refractivity contribution is -0.384. The van der Waals surface area contributed by atoms with E-state index in [4.69, 9.17) is 11.6 Å². The molecule has 0 spiro atoms. The summed E-state index contributed by atoms with van der Waals surface area (Å²) in [5.41, 5.74) is -0.112. The molecule has 1 amide bonds. The highest BCUT2D eigenvalue weighted by atomic mass is 35.5. The van der Waals surface area contributed by atoms with Gasteiger partial charge in [0.25, 0.3) is 11.6 Å². The Morgan fingerprint density at radius 1 is 1.07 bits per heavy atom. The first-order valence-corrected chi connectivity index (χ1v) is 10.0. The molecule has 28 heavy (non-hydrogen) atoms. The highest BCUT2D eigenvalue weighted by Gasteiger charge is 2.31. The minimum Gasteiger partial charge on any atom is -0.336 e. The number of nitrogens with zero attached hydrogens (tertiary/aromatic N) is 3. The molecule has 0 aliphatic carbocycles. The number of nitro benzene ring substituents is 1. The highest BCUT2D eigenvalue weighted by Crippen LogP contribution is 2.25. The second kappa shape index (κ2) is 7.82. The second-order valence-corrected chi connectivity index (χ2v) is 8.42. The zero-order chi connectivity index (χ0) is 20.5. The van der Waals surface area contributed by atoms with Crippen LogP contribution in [0.5, 0.6) is 0 Å². The molecule has 1 fully saturated rings. The zero-order valence-corrected chi connectivity index (χ0v) is 16.0. The van der Waals surface area contributed by atoms with Gasteiger partial charge in [-0.15, -0.1) is 0 Å². The number of rotatable bonds is 4. The van der Waals surface area contributed by atoms with Gasteiger partial charge in [-0.25, -0.2) is 12.8 Å². The maximum atomic E-state index is 13.0. The zero-order valence-electron chi connectivity index (χ0n) is 14.4. The van der Waals surface area contributed by atoms with E-state index in [1.807, 2.05) is 0 Å². The number of benzene rings is 2. The quantitative estimate of drug-likeness (QED) is 0.551. The monoisotopic (exact) mass is 427 g/mol. The SMILES string of the molecule is O=C(c1ccc([N+](=O)[O-])cc1Cl)N1CCN(S(=O)(=O)c2ccc(F)cc2)CC1. The molecule has 0 bridgehead atoms. The Labute approximate surface area is 165 Å². The molecule has 0 aromatic heterocycles. The molecule has 8 nitrogen and oxygen atoms in total. The number of carbonyl (C=O) groups excluding carboxylic acids is 1. The van der Waals surface area contributed by atoms with Gasteiger partial charge in [-0.1, -0.05) is 11.6 Å². The van der Waals surface area contributed by atoms with Crippen LogP contribution in [0.4, 0.5) is 10.1 Å². The number of nitro groups is 1. The van der Waals surface area contributed by atoms with E-state index >= 15 is 0 Å². The molecule has 0 atom stereocenters. The van der Waals surface area contributed by atoms with E-state index in [0.717, 1.165) is 18.2 Å². The molecule has 1 aliphatic rings. The van der Waals surface area contributed by atoms with E-state index in [9.17, 15) is 27.7 Å². The van der Waals surface area contributed by atoms with E-state index in [1.54, 1.807) is 0 Å². The molecule has 2 aromatic rings. The van der Waals surface area contributed by atoms with Gasteiger partial charge in [0.15, 0.2) is 0 Å². The predicted molar refractivity (Wildman–Crippen MR) is 99.2 cm³/mol. The van der Waals surface area contributed by atoms with Crippen LogP contribution in [-0.4, -0.2) is 54.6 Å². The van der Waals surface area contributed by atoms with Crippen LogP contribution in [0.15, 0.2) is 47.4 Å². The van der Waals surface area contributed by atoms with Crippen molar-refractivity contribution in [3.8, 4) is 0 Å². The lowest BCUT2D eigenvalue weighted by Gasteiger charge is -2.34. The van der Waals surface area contributed by atoms with Crippen LogP contribution in [0.3, 0.4) is 0 Å². The highest BCUT2D eigenvalue weighted by molar-refractivity contribution is 7.89. The Morgan fingerprint density at radius 2 is 1.68 bits per heavy atom. The molecule has 0 N–H and O–H groups in total. The summed E-state index contributed by atoms with van der Waals surface area (Å²) in [4.78, 5) is 24.2. The van der Waals surface area contributed by atoms with Crippen molar-refractivity contribution >= 4 is 33.2 Å². The molecule has 0 unspecified atom stereocenters. The number of hydrogen-bond acceptors (Lipinski definition) is 5. The predicted octanol–water partition coefficient (Wildman–Crippen LogP) is 2.53. The summed E-state index contributed by atoms with van der Waals surface area (Å²) < 4.78 is 39.5. The molecular formula is C17H15ClFN3O5S. The smallest absolute Gasteiger partial charge is 0.270 e. The lowest BCUT2D eigenvalue weighted by atomic mass is 10.1. The van der Waals surface area contributed by atoms with Crippen LogP contribution in [-0.2, 0) is 10.0 Å². The minimum atomic E-state index is -3.79. The van der Waals surface area contributed by atoms with Gasteiger partial charge in [0.2, 0.25) is 10.0 Å². The molecule has 1 aliphatic heterocycles. The van der Waals surface area contributed by atoms with Gasteiger partial charge >= 0.3 is 0 Å². The number of piperazine rings is 1. The van der Waals surface area contributed by atoms with E-state index in [2.05, 4.69) is 0 Å². The summed E-state index contributed by atoms with van der Waals surface area (Å²) in [6.45, 7) is 0.394. The van der Waals surface area contributed by atoms with Crippen molar-refractivity contribution in [3.05, 3.63) is 69.0 Å². The van der Waals surface area contributed by atoms with Crippen molar-refractivity contribution in [2.45, 2.75) is 4.90 Å². The number of hydrogen-bond donors (Lipinski definition) is 0. The Bertz CT molecular complexity index is 1020. The van der Waals surface area contributed by atoms with Gasteiger partial charge in [0, 0.05) is 38.3 Å². The fraction of sp³-hybridized carbons (Fsp3) is 0.235. The van der Waals surface area contributed by atoms with Crippen LogP contribution >= 0.6 is 11.6 Å². The number of non-ortho nitro benzene ring substituents is 1. The van der Waals surface area contributed by atoms with Gasteiger partial charge in [0.05, 0.1) is 20.4 Å². The van der Waals surface area contributed by atoms with E-state index in [1.165, 1.54) is 33.5 Å². The van der Waals surface area contributed by atoms with Crippen LogP contribution in [0.25, 0.3) is 0 Å². The normalized spacial score (nSPS) is 15.4. The Morgan fingerprint density at radius 3 is 2.21 bits per heavy atom. The van der Waals surface area contributed by atoms with E-state index in [-0.39, 0.29) is 47.3 Å².